The smallest absolute Gasteiger partial charge is 0.330 e. The van der Waals surface area contributed by atoms with Crippen molar-refractivity contribution in [1.82, 2.24) is 0 Å². The number of carboxylic acid groups (broad SMARTS) is 1. The number of nitrogens with one attached hydrogen (secondary N) is 1. The molecule has 0 aliphatic heterocycles. The minimum atomic E-state index is -1.56. The third-order valence-corrected chi connectivity index (χ3v) is 2.91. The maximum absolute atomic E-state index is 11.7. The highest BCUT2D eigenvalue weighted by Gasteiger charge is 2.22. The summed E-state index contributed by atoms with van der Waals surface area (Å²) in [5.41, 5.74) is 7.72. The summed E-state index contributed by atoms with van der Waals surface area (Å²) in [6, 6.07) is 4.17. The minimum absolute atomic E-state index is 0.0535. The van der Waals surface area contributed by atoms with Gasteiger partial charge in [-0.15, -0.1) is 0 Å². The monoisotopic (exact) mass is 264 g/mol. The van der Waals surface area contributed by atoms with Crippen LogP contribution in [0.3, 0.4) is 0 Å². The fourth-order valence-corrected chi connectivity index (χ4v) is 1.55. The second-order valence-corrected chi connectivity index (χ2v) is 5.58. The quantitative estimate of drug-likeness (QED) is 0.724. The van der Waals surface area contributed by atoms with Crippen LogP contribution in [-0.2, 0) is 15.0 Å². The summed E-state index contributed by atoms with van der Waals surface area (Å²) in [5, 5.41) is 11.3. The van der Waals surface area contributed by atoms with E-state index in [1.54, 1.807) is 0 Å². The molecule has 0 fully saturated rings. The molecule has 0 saturated carbocycles. The zero-order chi connectivity index (χ0) is 14.8. The van der Waals surface area contributed by atoms with Crippen LogP contribution in [0.15, 0.2) is 18.2 Å². The van der Waals surface area contributed by atoms with E-state index in [4.69, 9.17) is 10.8 Å². The van der Waals surface area contributed by atoms with Gasteiger partial charge in [-0.25, -0.2) is 4.79 Å². The van der Waals surface area contributed by atoms with Crippen LogP contribution >= 0.6 is 0 Å². The number of hydrogen-bond donors (Lipinski definition) is 3. The van der Waals surface area contributed by atoms with Crippen LogP contribution in [-0.4, -0.2) is 23.0 Å². The summed E-state index contributed by atoms with van der Waals surface area (Å²) in [7, 11) is 0. The van der Waals surface area contributed by atoms with E-state index in [9.17, 15) is 9.59 Å². The van der Waals surface area contributed by atoms with Crippen molar-refractivity contribution in [1.29, 1.82) is 0 Å². The third kappa shape index (κ3) is 3.79. The van der Waals surface area contributed by atoms with Gasteiger partial charge in [0, 0.05) is 5.69 Å². The Bertz CT molecular complexity index is 504. The maximum Gasteiger partial charge on any atom is 0.330 e. The summed E-state index contributed by atoms with van der Waals surface area (Å²) in [6.07, 6.45) is 0. The van der Waals surface area contributed by atoms with E-state index >= 15 is 0 Å². The normalized spacial score (nSPS) is 12.9. The van der Waals surface area contributed by atoms with Crippen molar-refractivity contribution in [3.8, 4) is 0 Å². The SMILES string of the molecule is Cc1ccc(C(C)(C)C)cc1NC(=O)C(N)C(=O)O. The van der Waals surface area contributed by atoms with Gasteiger partial charge in [0.05, 0.1) is 0 Å². The first-order valence-corrected chi connectivity index (χ1v) is 6.03. The molecule has 1 aromatic carbocycles. The minimum Gasteiger partial charge on any atom is -0.480 e. The molecule has 104 valence electrons. The topological polar surface area (TPSA) is 92.4 Å². The molecule has 1 rings (SSSR count). The van der Waals surface area contributed by atoms with Gasteiger partial charge in [0.25, 0.3) is 5.91 Å². The molecule has 5 nitrogen and oxygen atoms in total. The lowest BCUT2D eigenvalue weighted by Gasteiger charge is -2.21. The third-order valence-electron chi connectivity index (χ3n) is 2.91. The van der Waals surface area contributed by atoms with E-state index in [0.29, 0.717) is 5.69 Å². The Balaban J connectivity index is 3.01. The van der Waals surface area contributed by atoms with Gasteiger partial charge in [-0.2, -0.15) is 0 Å². The molecule has 0 heterocycles. The van der Waals surface area contributed by atoms with Gasteiger partial charge < -0.3 is 16.2 Å². The molecule has 0 spiro atoms. The van der Waals surface area contributed by atoms with Gasteiger partial charge >= 0.3 is 5.97 Å². The molecule has 4 N–H and O–H groups in total. The van der Waals surface area contributed by atoms with Gasteiger partial charge in [-0.05, 0) is 29.5 Å². The van der Waals surface area contributed by atoms with Crippen molar-refractivity contribution in [2.45, 2.75) is 39.2 Å². The molecule has 1 atom stereocenters. The zero-order valence-electron chi connectivity index (χ0n) is 11.7. The molecule has 1 unspecified atom stereocenters. The highest BCUT2D eigenvalue weighted by molar-refractivity contribution is 6.07. The van der Waals surface area contributed by atoms with Crippen molar-refractivity contribution in [2.75, 3.05) is 5.32 Å². The molecular weight excluding hydrogens is 244 g/mol. The number of aryl methyl sites for hydroxylation is 1. The van der Waals surface area contributed by atoms with E-state index in [1.807, 2.05) is 25.1 Å². The van der Waals surface area contributed by atoms with Crippen LogP contribution < -0.4 is 11.1 Å². The second-order valence-electron chi connectivity index (χ2n) is 5.58. The number of nitrogens with two attached hydrogens (primary N) is 1. The number of carboxylic acids is 1. The Morgan fingerprint density at radius 3 is 2.37 bits per heavy atom. The van der Waals surface area contributed by atoms with Crippen molar-refractivity contribution in [3.05, 3.63) is 29.3 Å². The lowest BCUT2D eigenvalue weighted by atomic mass is 9.86. The maximum atomic E-state index is 11.7. The van der Waals surface area contributed by atoms with E-state index in [0.717, 1.165) is 11.1 Å². The number of amides is 1. The molecular formula is C14H20N2O3. The number of benzene rings is 1. The first-order valence-electron chi connectivity index (χ1n) is 6.03. The Labute approximate surface area is 112 Å². The zero-order valence-corrected chi connectivity index (χ0v) is 11.7. The molecule has 19 heavy (non-hydrogen) atoms. The number of carbonyl (C=O) groups excluding carboxylic acids is 1. The Hall–Kier alpha value is -1.88. The van der Waals surface area contributed by atoms with Crippen LogP contribution in [0.2, 0.25) is 0 Å². The predicted molar refractivity (Wildman–Crippen MR) is 74.1 cm³/mol. The van der Waals surface area contributed by atoms with E-state index in [1.165, 1.54) is 0 Å². The van der Waals surface area contributed by atoms with Gasteiger partial charge in [0.1, 0.15) is 0 Å². The number of rotatable bonds is 3. The second kappa shape index (κ2) is 5.40. The van der Waals surface area contributed by atoms with Crippen LogP contribution in [0.4, 0.5) is 5.69 Å². The summed E-state index contributed by atoms with van der Waals surface area (Å²) in [4.78, 5) is 22.3. The molecule has 0 bridgehead atoms. The van der Waals surface area contributed by atoms with Crippen LogP contribution in [0, 0.1) is 6.92 Å². The summed E-state index contributed by atoms with van der Waals surface area (Å²) < 4.78 is 0. The van der Waals surface area contributed by atoms with E-state index in [2.05, 4.69) is 26.1 Å². The predicted octanol–water partition coefficient (Wildman–Crippen LogP) is 1.64. The van der Waals surface area contributed by atoms with Gasteiger partial charge in [-0.1, -0.05) is 32.9 Å². The largest absolute Gasteiger partial charge is 0.480 e. The van der Waals surface area contributed by atoms with Gasteiger partial charge in [-0.3, -0.25) is 4.79 Å². The van der Waals surface area contributed by atoms with Crippen LogP contribution in [0.1, 0.15) is 31.9 Å². The molecule has 0 radical (unpaired) electrons. The molecule has 0 aromatic heterocycles. The van der Waals surface area contributed by atoms with Gasteiger partial charge in [0.2, 0.25) is 0 Å². The highest BCUT2D eigenvalue weighted by atomic mass is 16.4. The average Bonchev–Trinajstić information content (AvgIpc) is 2.29. The van der Waals surface area contributed by atoms with E-state index < -0.39 is 17.9 Å². The standard InChI is InChI=1S/C14H20N2O3/c1-8-5-6-9(14(2,3)4)7-10(8)16-12(17)11(15)13(18)19/h5-7,11H,15H2,1-4H3,(H,16,17)(H,18,19). The molecule has 1 aromatic rings. The average molecular weight is 264 g/mol. The summed E-state index contributed by atoms with van der Waals surface area (Å²) in [6.45, 7) is 8.03. The first-order chi connectivity index (χ1) is 8.62. The lowest BCUT2D eigenvalue weighted by Crippen LogP contribution is -2.42. The fraction of sp³-hybridized carbons (Fsp3) is 0.429. The summed E-state index contributed by atoms with van der Waals surface area (Å²) in [5.74, 6) is -2.07. The Kier molecular flexibility index (Phi) is 4.32. The molecule has 0 aliphatic carbocycles. The lowest BCUT2D eigenvalue weighted by molar-refractivity contribution is -0.141. The summed E-state index contributed by atoms with van der Waals surface area (Å²) >= 11 is 0. The number of carbonyl (C=O) groups is 2. The molecule has 5 heteroatoms. The van der Waals surface area contributed by atoms with E-state index in [-0.39, 0.29) is 5.41 Å². The van der Waals surface area contributed by atoms with Gasteiger partial charge in [0.15, 0.2) is 6.04 Å². The Morgan fingerprint density at radius 1 is 1.32 bits per heavy atom. The highest BCUT2D eigenvalue weighted by Crippen LogP contribution is 2.26. The number of anilines is 1. The van der Waals surface area contributed by atoms with Crippen molar-refractivity contribution >= 4 is 17.6 Å². The molecule has 0 saturated heterocycles. The number of hydrogen-bond acceptors (Lipinski definition) is 3. The van der Waals surface area contributed by atoms with Crippen LogP contribution in [0.25, 0.3) is 0 Å². The fourth-order valence-electron chi connectivity index (χ4n) is 1.55. The first kappa shape index (κ1) is 15.2. The number of aliphatic carboxylic acids is 1. The Morgan fingerprint density at radius 2 is 1.89 bits per heavy atom. The van der Waals surface area contributed by atoms with Crippen molar-refractivity contribution < 1.29 is 14.7 Å². The van der Waals surface area contributed by atoms with Crippen molar-refractivity contribution in [3.63, 3.8) is 0 Å². The molecule has 0 aliphatic rings. The molecule has 1 amide bonds. The van der Waals surface area contributed by atoms with Crippen LogP contribution in [0.5, 0.6) is 0 Å². The van der Waals surface area contributed by atoms with Crippen molar-refractivity contribution in [2.24, 2.45) is 5.73 Å².